The van der Waals surface area contributed by atoms with Gasteiger partial charge in [-0.15, -0.1) is 11.3 Å². The molecule has 0 saturated heterocycles. The van der Waals surface area contributed by atoms with Gasteiger partial charge in [-0.2, -0.15) is 0 Å². The molecule has 4 nitrogen and oxygen atoms in total. The molecule has 1 aromatic rings. The summed E-state index contributed by atoms with van der Waals surface area (Å²) < 4.78 is 0.856. The van der Waals surface area contributed by atoms with Crippen LogP contribution in [0.2, 0.25) is 0 Å². The van der Waals surface area contributed by atoms with Gasteiger partial charge >= 0.3 is 5.97 Å². The van der Waals surface area contributed by atoms with Gasteiger partial charge < -0.3 is 10.4 Å². The molecule has 0 saturated carbocycles. The lowest BCUT2D eigenvalue weighted by Gasteiger charge is -2.31. The van der Waals surface area contributed by atoms with Crippen molar-refractivity contribution in [2.75, 3.05) is 0 Å². The topological polar surface area (TPSA) is 66.4 Å². The molecule has 6 heteroatoms. The second-order valence-electron chi connectivity index (χ2n) is 4.14. The van der Waals surface area contributed by atoms with E-state index >= 15 is 0 Å². The molecule has 0 atom stereocenters. The highest BCUT2D eigenvalue weighted by atomic mass is 79.9. The third-order valence-electron chi connectivity index (χ3n) is 3.01. The molecule has 0 aliphatic rings. The average molecular weight is 334 g/mol. The number of hydrogen-bond donors (Lipinski definition) is 2. The number of carboxylic acids is 1. The summed E-state index contributed by atoms with van der Waals surface area (Å²) in [4.78, 5) is 23.5. The zero-order chi connectivity index (χ0) is 13.8. The summed E-state index contributed by atoms with van der Waals surface area (Å²) in [7, 11) is 0. The Morgan fingerprint density at radius 2 is 2.06 bits per heavy atom. The molecule has 100 valence electrons. The SMILES string of the molecule is CCC(CC)(CC(=O)O)NC(=O)c1cc(Br)cs1. The highest BCUT2D eigenvalue weighted by Crippen LogP contribution is 2.24. The minimum atomic E-state index is -0.897. The first-order valence-electron chi connectivity index (χ1n) is 5.71. The van der Waals surface area contributed by atoms with Crippen LogP contribution >= 0.6 is 27.3 Å². The molecule has 1 rings (SSSR count). The van der Waals surface area contributed by atoms with E-state index in [9.17, 15) is 9.59 Å². The van der Waals surface area contributed by atoms with Crippen LogP contribution in [0.25, 0.3) is 0 Å². The quantitative estimate of drug-likeness (QED) is 0.839. The predicted molar refractivity (Wildman–Crippen MR) is 75.1 cm³/mol. The summed E-state index contributed by atoms with van der Waals surface area (Å²) in [6, 6.07) is 1.73. The largest absolute Gasteiger partial charge is 0.481 e. The van der Waals surface area contributed by atoms with Crippen LogP contribution in [0.1, 0.15) is 42.8 Å². The van der Waals surface area contributed by atoms with Gasteiger partial charge in [0.1, 0.15) is 0 Å². The molecule has 0 aromatic carbocycles. The molecular weight excluding hydrogens is 318 g/mol. The van der Waals surface area contributed by atoms with Crippen molar-refractivity contribution in [2.45, 2.75) is 38.6 Å². The van der Waals surface area contributed by atoms with Gasteiger partial charge in [-0.3, -0.25) is 9.59 Å². The average Bonchev–Trinajstić information content (AvgIpc) is 2.74. The number of nitrogens with one attached hydrogen (secondary N) is 1. The second-order valence-corrected chi connectivity index (χ2v) is 5.97. The van der Waals surface area contributed by atoms with E-state index in [0.29, 0.717) is 17.7 Å². The number of halogens is 1. The van der Waals surface area contributed by atoms with Crippen LogP contribution in [0.15, 0.2) is 15.9 Å². The molecule has 0 radical (unpaired) electrons. The first-order valence-corrected chi connectivity index (χ1v) is 7.38. The van der Waals surface area contributed by atoms with Crippen molar-refractivity contribution in [3.05, 3.63) is 20.8 Å². The van der Waals surface area contributed by atoms with E-state index in [1.54, 1.807) is 6.07 Å². The van der Waals surface area contributed by atoms with Gasteiger partial charge in [-0.25, -0.2) is 0 Å². The van der Waals surface area contributed by atoms with E-state index in [1.807, 2.05) is 19.2 Å². The number of thiophene rings is 1. The number of carbonyl (C=O) groups excluding carboxylic acids is 1. The summed E-state index contributed by atoms with van der Waals surface area (Å²) >= 11 is 4.62. The van der Waals surface area contributed by atoms with Crippen LogP contribution in [0.4, 0.5) is 0 Å². The van der Waals surface area contributed by atoms with E-state index < -0.39 is 11.5 Å². The minimum Gasteiger partial charge on any atom is -0.481 e. The molecule has 0 aliphatic carbocycles. The van der Waals surface area contributed by atoms with Gasteiger partial charge in [0.25, 0.3) is 5.91 Å². The highest BCUT2D eigenvalue weighted by molar-refractivity contribution is 9.10. The van der Waals surface area contributed by atoms with Crippen molar-refractivity contribution in [1.29, 1.82) is 0 Å². The van der Waals surface area contributed by atoms with Gasteiger partial charge in [0, 0.05) is 9.85 Å². The summed E-state index contributed by atoms with van der Waals surface area (Å²) in [6.45, 7) is 3.77. The van der Waals surface area contributed by atoms with E-state index in [2.05, 4.69) is 21.2 Å². The van der Waals surface area contributed by atoms with Gasteiger partial charge in [0.05, 0.1) is 16.8 Å². The predicted octanol–water partition coefficient (Wildman–Crippen LogP) is 3.27. The molecule has 2 N–H and O–H groups in total. The minimum absolute atomic E-state index is 0.0573. The second kappa shape index (κ2) is 6.33. The molecule has 0 bridgehead atoms. The lowest BCUT2D eigenvalue weighted by Crippen LogP contribution is -2.48. The van der Waals surface area contributed by atoms with E-state index in [4.69, 9.17) is 5.11 Å². The molecule has 0 spiro atoms. The zero-order valence-electron chi connectivity index (χ0n) is 10.3. The fourth-order valence-corrected chi connectivity index (χ4v) is 3.07. The van der Waals surface area contributed by atoms with Gasteiger partial charge in [0.15, 0.2) is 0 Å². The number of aliphatic carboxylic acids is 1. The number of hydrogen-bond acceptors (Lipinski definition) is 3. The van der Waals surface area contributed by atoms with Crippen LogP contribution in [0.5, 0.6) is 0 Å². The number of carbonyl (C=O) groups is 2. The van der Waals surface area contributed by atoms with Crippen LogP contribution in [-0.4, -0.2) is 22.5 Å². The number of carboxylic acid groups (broad SMARTS) is 1. The molecule has 0 fully saturated rings. The van der Waals surface area contributed by atoms with Gasteiger partial charge in [-0.05, 0) is 34.8 Å². The normalized spacial score (nSPS) is 11.3. The van der Waals surface area contributed by atoms with Crippen LogP contribution in [0, 0.1) is 0 Å². The Morgan fingerprint density at radius 3 is 2.44 bits per heavy atom. The van der Waals surface area contributed by atoms with Crippen molar-refractivity contribution < 1.29 is 14.7 Å². The Morgan fingerprint density at radius 1 is 1.44 bits per heavy atom. The summed E-state index contributed by atoms with van der Waals surface area (Å²) in [5.41, 5.74) is -0.667. The highest BCUT2D eigenvalue weighted by Gasteiger charge is 2.31. The van der Waals surface area contributed by atoms with Gasteiger partial charge in [-0.1, -0.05) is 13.8 Å². The first-order chi connectivity index (χ1) is 8.42. The lowest BCUT2D eigenvalue weighted by molar-refractivity contribution is -0.138. The molecule has 18 heavy (non-hydrogen) atoms. The molecule has 1 amide bonds. The zero-order valence-corrected chi connectivity index (χ0v) is 12.7. The molecular formula is C12H16BrNO3S. The Hall–Kier alpha value is -0.880. The molecule has 0 aliphatic heterocycles. The monoisotopic (exact) mass is 333 g/mol. The Labute approximate surface area is 119 Å². The third kappa shape index (κ3) is 3.81. The fraction of sp³-hybridized carbons (Fsp3) is 0.500. The maximum atomic E-state index is 12.1. The summed E-state index contributed by atoms with van der Waals surface area (Å²) in [6.07, 6.45) is 1.13. The Balaban J connectivity index is 2.83. The number of amides is 1. The van der Waals surface area contributed by atoms with Crippen molar-refractivity contribution in [3.8, 4) is 0 Å². The van der Waals surface area contributed by atoms with Crippen molar-refractivity contribution in [2.24, 2.45) is 0 Å². The van der Waals surface area contributed by atoms with Crippen molar-refractivity contribution >= 4 is 39.1 Å². The van der Waals surface area contributed by atoms with Crippen LogP contribution < -0.4 is 5.32 Å². The Kier molecular flexibility index (Phi) is 5.34. The molecule has 1 heterocycles. The fourth-order valence-electron chi connectivity index (χ4n) is 1.75. The van der Waals surface area contributed by atoms with Crippen molar-refractivity contribution in [3.63, 3.8) is 0 Å². The lowest BCUT2D eigenvalue weighted by atomic mass is 9.89. The summed E-state index contributed by atoms with van der Waals surface area (Å²) in [5, 5.41) is 13.6. The van der Waals surface area contributed by atoms with Gasteiger partial charge in [0.2, 0.25) is 0 Å². The van der Waals surface area contributed by atoms with E-state index in [1.165, 1.54) is 11.3 Å². The van der Waals surface area contributed by atoms with Crippen LogP contribution in [-0.2, 0) is 4.79 Å². The van der Waals surface area contributed by atoms with E-state index in [-0.39, 0.29) is 12.3 Å². The molecule has 0 unspecified atom stereocenters. The molecule has 1 aromatic heterocycles. The van der Waals surface area contributed by atoms with E-state index in [0.717, 1.165) is 4.47 Å². The maximum Gasteiger partial charge on any atom is 0.305 e. The van der Waals surface area contributed by atoms with Crippen LogP contribution in [0.3, 0.4) is 0 Å². The third-order valence-corrected chi connectivity index (χ3v) is 4.70. The first kappa shape index (κ1) is 15.2. The Bertz CT molecular complexity index is 440. The summed E-state index contributed by atoms with van der Waals surface area (Å²) in [5.74, 6) is -1.11. The number of rotatable bonds is 6. The smallest absolute Gasteiger partial charge is 0.305 e. The maximum absolute atomic E-state index is 12.1. The standard InChI is InChI=1S/C12H16BrNO3S/c1-3-12(4-2,6-10(15)16)14-11(17)9-5-8(13)7-18-9/h5,7H,3-4,6H2,1-2H3,(H,14,17)(H,15,16). The van der Waals surface area contributed by atoms with Crippen molar-refractivity contribution in [1.82, 2.24) is 5.32 Å².